The highest BCUT2D eigenvalue weighted by Crippen LogP contribution is 2.29. The van der Waals surface area contributed by atoms with Crippen LogP contribution in [0.3, 0.4) is 0 Å². The summed E-state index contributed by atoms with van der Waals surface area (Å²) >= 11 is 5.93. The average Bonchev–Trinajstić information content (AvgIpc) is 2.40. The van der Waals surface area contributed by atoms with Crippen LogP contribution in [0.2, 0.25) is 5.02 Å². The first-order valence-corrected chi connectivity index (χ1v) is 6.05. The van der Waals surface area contributed by atoms with Gasteiger partial charge in [0, 0.05) is 10.6 Å². The molecule has 0 radical (unpaired) electrons. The van der Waals surface area contributed by atoms with Gasteiger partial charge in [0.1, 0.15) is 0 Å². The van der Waals surface area contributed by atoms with E-state index in [2.05, 4.69) is 10.5 Å². The molecule has 0 spiro atoms. The van der Waals surface area contributed by atoms with Crippen LogP contribution >= 0.6 is 11.6 Å². The van der Waals surface area contributed by atoms with Gasteiger partial charge in [-0.1, -0.05) is 29.8 Å². The highest BCUT2D eigenvalue weighted by atomic mass is 35.5. The van der Waals surface area contributed by atoms with E-state index < -0.39 is 11.7 Å². The van der Waals surface area contributed by atoms with Crippen molar-refractivity contribution in [1.82, 2.24) is 0 Å². The van der Waals surface area contributed by atoms with Crippen molar-refractivity contribution in [2.24, 2.45) is 5.10 Å². The lowest BCUT2D eigenvalue weighted by Crippen LogP contribution is -2.04. The SMILES string of the molecule is FC(F)(F)c1ccc(NN=Cc2ccccc2Cl)cc1. The summed E-state index contributed by atoms with van der Waals surface area (Å²) in [6, 6.07) is 11.7. The highest BCUT2D eigenvalue weighted by Gasteiger charge is 2.29. The van der Waals surface area contributed by atoms with Crippen molar-refractivity contribution in [3.8, 4) is 0 Å². The molecule has 0 atom stereocenters. The van der Waals surface area contributed by atoms with Gasteiger partial charge in [-0.25, -0.2) is 0 Å². The van der Waals surface area contributed by atoms with E-state index in [0.29, 0.717) is 16.3 Å². The maximum atomic E-state index is 12.4. The highest BCUT2D eigenvalue weighted by molar-refractivity contribution is 6.33. The molecule has 0 saturated carbocycles. The molecule has 2 aromatic rings. The number of anilines is 1. The summed E-state index contributed by atoms with van der Waals surface area (Å²) in [5.74, 6) is 0. The maximum absolute atomic E-state index is 12.4. The van der Waals surface area contributed by atoms with E-state index in [1.165, 1.54) is 18.3 Å². The maximum Gasteiger partial charge on any atom is 0.416 e. The Labute approximate surface area is 118 Å². The van der Waals surface area contributed by atoms with Gasteiger partial charge in [-0.2, -0.15) is 18.3 Å². The van der Waals surface area contributed by atoms with Crippen molar-refractivity contribution in [2.45, 2.75) is 6.18 Å². The first kappa shape index (κ1) is 14.4. The monoisotopic (exact) mass is 298 g/mol. The van der Waals surface area contributed by atoms with Gasteiger partial charge in [0.05, 0.1) is 17.5 Å². The predicted molar refractivity (Wildman–Crippen MR) is 74.1 cm³/mol. The Morgan fingerprint density at radius 3 is 2.25 bits per heavy atom. The van der Waals surface area contributed by atoms with Crippen LogP contribution in [-0.4, -0.2) is 6.21 Å². The Balaban J connectivity index is 2.03. The molecule has 6 heteroatoms. The largest absolute Gasteiger partial charge is 0.416 e. The second-order valence-electron chi connectivity index (χ2n) is 3.97. The summed E-state index contributed by atoms with van der Waals surface area (Å²) in [5, 5.41) is 4.47. The number of hydrogen-bond donors (Lipinski definition) is 1. The van der Waals surface area contributed by atoms with E-state index in [1.807, 2.05) is 6.07 Å². The van der Waals surface area contributed by atoms with Crippen molar-refractivity contribution in [1.29, 1.82) is 0 Å². The van der Waals surface area contributed by atoms with Crippen LogP contribution in [0.1, 0.15) is 11.1 Å². The molecule has 2 aromatic carbocycles. The number of alkyl halides is 3. The van der Waals surface area contributed by atoms with Gasteiger partial charge < -0.3 is 0 Å². The second kappa shape index (κ2) is 5.96. The van der Waals surface area contributed by atoms with Crippen LogP contribution in [0.25, 0.3) is 0 Å². The van der Waals surface area contributed by atoms with Gasteiger partial charge in [-0.15, -0.1) is 0 Å². The summed E-state index contributed by atoms with van der Waals surface area (Å²) in [6.45, 7) is 0. The molecule has 0 aromatic heterocycles. The van der Waals surface area contributed by atoms with Crippen molar-refractivity contribution in [3.05, 3.63) is 64.7 Å². The van der Waals surface area contributed by atoms with E-state index in [4.69, 9.17) is 11.6 Å². The molecule has 1 N–H and O–H groups in total. The Morgan fingerprint density at radius 1 is 1.00 bits per heavy atom. The lowest BCUT2D eigenvalue weighted by molar-refractivity contribution is -0.137. The smallest absolute Gasteiger partial charge is 0.279 e. The Hall–Kier alpha value is -2.01. The quantitative estimate of drug-likeness (QED) is 0.638. The first-order chi connectivity index (χ1) is 9.47. The number of rotatable bonds is 3. The van der Waals surface area contributed by atoms with Gasteiger partial charge in [-0.3, -0.25) is 5.43 Å². The fraction of sp³-hybridized carbons (Fsp3) is 0.0714. The summed E-state index contributed by atoms with van der Waals surface area (Å²) in [5.41, 5.74) is 3.12. The minimum absolute atomic E-state index is 0.460. The van der Waals surface area contributed by atoms with Crippen molar-refractivity contribution < 1.29 is 13.2 Å². The third-order valence-corrected chi connectivity index (χ3v) is 2.86. The fourth-order valence-corrected chi connectivity index (χ4v) is 1.67. The molecule has 0 saturated heterocycles. The number of nitrogens with zero attached hydrogens (tertiary/aromatic N) is 1. The number of benzene rings is 2. The van der Waals surface area contributed by atoms with Crippen molar-refractivity contribution in [3.63, 3.8) is 0 Å². The fourth-order valence-electron chi connectivity index (χ4n) is 1.49. The van der Waals surface area contributed by atoms with Crippen LogP contribution in [0.15, 0.2) is 53.6 Å². The minimum atomic E-state index is -4.33. The van der Waals surface area contributed by atoms with Gasteiger partial charge >= 0.3 is 6.18 Å². The number of hydrazone groups is 1. The first-order valence-electron chi connectivity index (χ1n) is 5.68. The van der Waals surface area contributed by atoms with Gasteiger partial charge in [0.15, 0.2) is 0 Å². The molecule has 0 aliphatic rings. The minimum Gasteiger partial charge on any atom is -0.279 e. The molecular formula is C14H10ClF3N2. The van der Waals surface area contributed by atoms with Gasteiger partial charge in [0.2, 0.25) is 0 Å². The van der Waals surface area contributed by atoms with Crippen LogP contribution in [0.4, 0.5) is 18.9 Å². The lowest BCUT2D eigenvalue weighted by atomic mass is 10.2. The Kier molecular flexibility index (Phi) is 4.29. The zero-order valence-electron chi connectivity index (χ0n) is 10.2. The van der Waals surface area contributed by atoms with E-state index in [1.54, 1.807) is 18.2 Å². The zero-order chi connectivity index (χ0) is 14.6. The van der Waals surface area contributed by atoms with Crippen molar-refractivity contribution >= 4 is 23.5 Å². The summed E-state index contributed by atoms with van der Waals surface area (Å²) in [6.07, 6.45) is -2.83. The number of halogens is 4. The average molecular weight is 299 g/mol. The zero-order valence-corrected chi connectivity index (χ0v) is 10.9. The normalized spacial score (nSPS) is 11.8. The summed E-state index contributed by atoms with van der Waals surface area (Å²) < 4.78 is 37.1. The Bertz CT molecular complexity index is 607. The van der Waals surface area contributed by atoms with Gasteiger partial charge in [0.25, 0.3) is 0 Å². The van der Waals surface area contributed by atoms with Crippen molar-refractivity contribution in [2.75, 3.05) is 5.43 Å². The molecule has 0 aliphatic heterocycles. The van der Waals surface area contributed by atoms with Crippen LogP contribution in [0, 0.1) is 0 Å². The van der Waals surface area contributed by atoms with Crippen LogP contribution < -0.4 is 5.43 Å². The molecule has 0 amide bonds. The molecule has 20 heavy (non-hydrogen) atoms. The van der Waals surface area contributed by atoms with Crippen LogP contribution in [-0.2, 0) is 6.18 Å². The topological polar surface area (TPSA) is 24.4 Å². The molecule has 104 valence electrons. The molecule has 0 bridgehead atoms. The van der Waals surface area contributed by atoms with E-state index in [0.717, 1.165) is 12.1 Å². The molecular weight excluding hydrogens is 289 g/mol. The molecule has 0 unspecified atom stereocenters. The van der Waals surface area contributed by atoms with E-state index in [9.17, 15) is 13.2 Å². The van der Waals surface area contributed by atoms with Crippen LogP contribution in [0.5, 0.6) is 0 Å². The van der Waals surface area contributed by atoms with Gasteiger partial charge in [-0.05, 0) is 30.3 Å². The molecule has 2 nitrogen and oxygen atoms in total. The molecule has 0 heterocycles. The lowest BCUT2D eigenvalue weighted by Gasteiger charge is -2.07. The summed E-state index contributed by atoms with van der Waals surface area (Å²) in [4.78, 5) is 0. The third-order valence-electron chi connectivity index (χ3n) is 2.51. The second-order valence-corrected chi connectivity index (χ2v) is 4.37. The van der Waals surface area contributed by atoms with E-state index in [-0.39, 0.29) is 0 Å². The predicted octanol–water partition coefficient (Wildman–Crippen LogP) is 4.80. The third kappa shape index (κ3) is 3.74. The van der Waals surface area contributed by atoms with E-state index >= 15 is 0 Å². The molecule has 0 aliphatic carbocycles. The Morgan fingerprint density at radius 2 is 1.65 bits per heavy atom. The number of nitrogens with one attached hydrogen (secondary N) is 1. The molecule has 2 rings (SSSR count). The molecule has 0 fully saturated rings. The summed E-state index contributed by atoms with van der Waals surface area (Å²) in [7, 11) is 0. The number of hydrogen-bond acceptors (Lipinski definition) is 2. The standard InChI is InChI=1S/C14H10ClF3N2/c15-13-4-2-1-3-10(13)9-19-20-12-7-5-11(6-8-12)14(16,17)18/h1-9,20H.